The van der Waals surface area contributed by atoms with Crippen LogP contribution < -0.4 is 9.46 Å². The Bertz CT molecular complexity index is 704. The Morgan fingerprint density at radius 3 is 2.80 bits per heavy atom. The second-order valence-corrected chi connectivity index (χ2v) is 5.65. The van der Waals surface area contributed by atoms with Crippen LogP contribution in [0.1, 0.15) is 5.56 Å². The predicted molar refractivity (Wildman–Crippen MR) is 71.2 cm³/mol. The van der Waals surface area contributed by atoms with E-state index in [0.717, 1.165) is 6.07 Å². The van der Waals surface area contributed by atoms with Gasteiger partial charge in [-0.1, -0.05) is 12.1 Å². The molecule has 0 saturated heterocycles. The lowest BCUT2D eigenvalue weighted by molar-refractivity contribution is 0.414. The molecule has 1 aromatic heterocycles. The van der Waals surface area contributed by atoms with Crippen LogP contribution in [0.25, 0.3) is 0 Å². The molecular weight excluding hydrogens is 283 g/mol. The molecule has 0 radical (unpaired) electrons. The van der Waals surface area contributed by atoms with Crippen molar-refractivity contribution in [3.63, 3.8) is 0 Å². The SMILES string of the molecule is COc1cccc(CNS(=O)(=O)c2ncccc2F)c1. The van der Waals surface area contributed by atoms with E-state index in [4.69, 9.17) is 4.74 Å². The standard InChI is InChI=1S/C13H13FN2O3S/c1-19-11-5-2-4-10(8-11)9-16-20(17,18)13-12(14)6-3-7-15-13/h2-8,16H,9H2,1H3. The number of nitrogens with zero attached hydrogens (tertiary/aromatic N) is 1. The molecule has 2 aromatic rings. The maximum atomic E-state index is 13.4. The highest BCUT2D eigenvalue weighted by Gasteiger charge is 2.19. The van der Waals surface area contributed by atoms with Gasteiger partial charge in [-0.05, 0) is 29.8 Å². The maximum Gasteiger partial charge on any atom is 0.261 e. The molecule has 7 heteroatoms. The first-order valence-electron chi connectivity index (χ1n) is 5.76. The van der Waals surface area contributed by atoms with E-state index in [2.05, 4.69) is 9.71 Å². The Labute approximate surface area is 116 Å². The monoisotopic (exact) mass is 296 g/mol. The van der Waals surface area contributed by atoms with Crippen molar-refractivity contribution >= 4 is 10.0 Å². The second kappa shape index (κ2) is 5.98. The van der Waals surface area contributed by atoms with Gasteiger partial charge in [0.1, 0.15) is 5.75 Å². The summed E-state index contributed by atoms with van der Waals surface area (Å²) in [5, 5.41) is -0.608. The van der Waals surface area contributed by atoms with Gasteiger partial charge in [-0.15, -0.1) is 0 Å². The molecule has 0 aliphatic heterocycles. The van der Waals surface area contributed by atoms with Crippen LogP contribution in [0.15, 0.2) is 47.6 Å². The molecule has 0 spiro atoms. The van der Waals surface area contributed by atoms with Gasteiger partial charge < -0.3 is 4.74 Å². The Morgan fingerprint density at radius 1 is 1.30 bits per heavy atom. The molecule has 1 N–H and O–H groups in total. The number of methoxy groups -OCH3 is 1. The number of ether oxygens (including phenoxy) is 1. The van der Waals surface area contributed by atoms with Crippen LogP contribution in [0, 0.1) is 5.82 Å². The number of halogens is 1. The summed E-state index contributed by atoms with van der Waals surface area (Å²) in [6.45, 7) is 0.0234. The van der Waals surface area contributed by atoms with Crippen LogP contribution in [0.5, 0.6) is 5.75 Å². The number of pyridine rings is 1. The minimum absolute atomic E-state index is 0.0234. The van der Waals surface area contributed by atoms with Gasteiger partial charge >= 0.3 is 0 Å². The van der Waals surface area contributed by atoms with E-state index in [0.29, 0.717) is 11.3 Å². The lowest BCUT2D eigenvalue weighted by Crippen LogP contribution is -2.25. The molecule has 1 heterocycles. The van der Waals surface area contributed by atoms with Gasteiger partial charge in [0, 0.05) is 12.7 Å². The molecule has 0 saturated carbocycles. The Kier molecular flexibility index (Phi) is 4.31. The maximum absolute atomic E-state index is 13.4. The van der Waals surface area contributed by atoms with Crippen molar-refractivity contribution in [2.24, 2.45) is 0 Å². The third-order valence-electron chi connectivity index (χ3n) is 2.58. The zero-order valence-corrected chi connectivity index (χ0v) is 11.5. The number of hydrogen-bond donors (Lipinski definition) is 1. The lowest BCUT2D eigenvalue weighted by Gasteiger charge is -2.07. The normalized spacial score (nSPS) is 11.3. The number of benzene rings is 1. The highest BCUT2D eigenvalue weighted by molar-refractivity contribution is 7.89. The fraction of sp³-hybridized carbons (Fsp3) is 0.154. The molecule has 0 aliphatic rings. The van der Waals surface area contributed by atoms with Crippen LogP contribution in [0.4, 0.5) is 4.39 Å². The zero-order chi connectivity index (χ0) is 14.6. The first-order chi connectivity index (χ1) is 9.53. The molecule has 0 unspecified atom stereocenters. The number of hydrogen-bond acceptors (Lipinski definition) is 4. The highest BCUT2D eigenvalue weighted by atomic mass is 32.2. The van der Waals surface area contributed by atoms with Crippen molar-refractivity contribution in [1.29, 1.82) is 0 Å². The molecule has 1 aromatic carbocycles. The first-order valence-corrected chi connectivity index (χ1v) is 7.24. The van der Waals surface area contributed by atoms with E-state index in [-0.39, 0.29) is 6.54 Å². The number of nitrogens with one attached hydrogen (secondary N) is 1. The first kappa shape index (κ1) is 14.4. The lowest BCUT2D eigenvalue weighted by atomic mass is 10.2. The minimum atomic E-state index is -3.99. The number of aromatic nitrogens is 1. The Hall–Kier alpha value is -1.99. The molecule has 20 heavy (non-hydrogen) atoms. The second-order valence-electron chi connectivity index (χ2n) is 3.97. The van der Waals surface area contributed by atoms with Crippen LogP contribution in [0.2, 0.25) is 0 Å². The largest absolute Gasteiger partial charge is 0.497 e. The molecule has 0 bridgehead atoms. The smallest absolute Gasteiger partial charge is 0.261 e. The molecule has 0 amide bonds. The van der Waals surface area contributed by atoms with E-state index < -0.39 is 20.9 Å². The molecular formula is C13H13FN2O3S. The summed E-state index contributed by atoms with van der Waals surface area (Å²) in [6.07, 6.45) is 1.23. The van der Waals surface area contributed by atoms with Crippen molar-refractivity contribution in [3.8, 4) is 5.75 Å². The van der Waals surface area contributed by atoms with E-state index in [9.17, 15) is 12.8 Å². The minimum Gasteiger partial charge on any atom is -0.497 e. The average molecular weight is 296 g/mol. The van der Waals surface area contributed by atoms with Gasteiger partial charge in [0.25, 0.3) is 10.0 Å². The summed E-state index contributed by atoms with van der Waals surface area (Å²) in [5.41, 5.74) is 0.698. The molecule has 0 atom stereocenters. The molecule has 5 nitrogen and oxygen atoms in total. The summed E-state index contributed by atoms with van der Waals surface area (Å²) in [5.74, 6) is -0.267. The van der Waals surface area contributed by atoms with Gasteiger partial charge in [0.2, 0.25) is 5.03 Å². The summed E-state index contributed by atoms with van der Waals surface area (Å²) in [6, 6.07) is 9.29. The van der Waals surface area contributed by atoms with Gasteiger partial charge in [0.15, 0.2) is 5.82 Å². The summed E-state index contributed by atoms with van der Waals surface area (Å²) in [7, 11) is -2.47. The molecule has 0 fully saturated rings. The van der Waals surface area contributed by atoms with Crippen molar-refractivity contribution in [1.82, 2.24) is 9.71 Å². The molecule has 2 rings (SSSR count). The van der Waals surface area contributed by atoms with Crippen molar-refractivity contribution < 1.29 is 17.5 Å². The Morgan fingerprint density at radius 2 is 2.10 bits per heavy atom. The van der Waals surface area contributed by atoms with Crippen LogP contribution >= 0.6 is 0 Å². The number of rotatable bonds is 5. The summed E-state index contributed by atoms with van der Waals surface area (Å²) in [4.78, 5) is 3.55. The van der Waals surface area contributed by atoms with E-state index in [1.54, 1.807) is 24.3 Å². The van der Waals surface area contributed by atoms with Crippen LogP contribution in [-0.4, -0.2) is 20.5 Å². The zero-order valence-electron chi connectivity index (χ0n) is 10.7. The third kappa shape index (κ3) is 3.31. The molecule has 106 valence electrons. The highest BCUT2D eigenvalue weighted by Crippen LogP contribution is 2.14. The summed E-state index contributed by atoms with van der Waals surface area (Å²) < 4.78 is 44.6. The van der Waals surface area contributed by atoms with Crippen LogP contribution in [0.3, 0.4) is 0 Å². The van der Waals surface area contributed by atoms with E-state index >= 15 is 0 Å². The fourth-order valence-electron chi connectivity index (χ4n) is 1.60. The van der Waals surface area contributed by atoms with Gasteiger partial charge in [-0.25, -0.2) is 22.5 Å². The van der Waals surface area contributed by atoms with Gasteiger partial charge in [-0.2, -0.15) is 0 Å². The van der Waals surface area contributed by atoms with Crippen molar-refractivity contribution in [2.75, 3.05) is 7.11 Å². The van der Waals surface area contributed by atoms with Crippen LogP contribution in [-0.2, 0) is 16.6 Å². The summed E-state index contributed by atoms with van der Waals surface area (Å²) >= 11 is 0. The molecule has 0 aliphatic carbocycles. The Balaban J connectivity index is 2.15. The van der Waals surface area contributed by atoms with E-state index in [1.807, 2.05) is 0 Å². The van der Waals surface area contributed by atoms with Crippen molar-refractivity contribution in [2.45, 2.75) is 11.6 Å². The number of sulfonamides is 1. The van der Waals surface area contributed by atoms with Crippen molar-refractivity contribution in [3.05, 3.63) is 54.0 Å². The van der Waals surface area contributed by atoms with Gasteiger partial charge in [-0.3, -0.25) is 0 Å². The average Bonchev–Trinajstić information content (AvgIpc) is 2.46. The van der Waals surface area contributed by atoms with Gasteiger partial charge in [0.05, 0.1) is 7.11 Å². The quantitative estimate of drug-likeness (QED) is 0.912. The topological polar surface area (TPSA) is 68.3 Å². The predicted octanol–water partition coefficient (Wildman–Crippen LogP) is 1.71. The fourth-order valence-corrected chi connectivity index (χ4v) is 2.62. The third-order valence-corrected chi connectivity index (χ3v) is 3.91. The van der Waals surface area contributed by atoms with E-state index in [1.165, 1.54) is 19.4 Å².